The summed E-state index contributed by atoms with van der Waals surface area (Å²) in [7, 11) is -2.06. The number of benzene rings is 2. The molecule has 1 aromatic heterocycles. The Hall–Kier alpha value is -2.58. The molecule has 0 saturated heterocycles. The van der Waals surface area contributed by atoms with Crippen LogP contribution in [-0.2, 0) is 16.4 Å². The first-order chi connectivity index (χ1) is 11.5. The van der Waals surface area contributed by atoms with Crippen molar-refractivity contribution in [2.45, 2.75) is 11.3 Å². The van der Waals surface area contributed by atoms with E-state index in [1.54, 1.807) is 30.3 Å². The Morgan fingerprint density at radius 2 is 1.92 bits per heavy atom. The van der Waals surface area contributed by atoms with Gasteiger partial charge >= 0.3 is 5.76 Å². The van der Waals surface area contributed by atoms with E-state index in [0.29, 0.717) is 23.3 Å². The Labute approximate surface area is 138 Å². The predicted molar refractivity (Wildman–Crippen MR) is 88.7 cm³/mol. The summed E-state index contributed by atoms with van der Waals surface area (Å²) in [4.78, 5) is 13.9. The molecular weight excluding hydrogens is 332 g/mol. The molecule has 0 radical (unpaired) electrons. The number of nitrogens with one attached hydrogen (secondary N) is 2. The summed E-state index contributed by atoms with van der Waals surface area (Å²) >= 11 is 0. The van der Waals surface area contributed by atoms with Gasteiger partial charge in [-0.05, 0) is 48.4 Å². The van der Waals surface area contributed by atoms with Crippen LogP contribution in [-0.4, -0.2) is 27.1 Å². The lowest BCUT2D eigenvalue weighted by Crippen LogP contribution is -2.25. The van der Waals surface area contributed by atoms with Crippen LogP contribution in [0.3, 0.4) is 0 Å². The van der Waals surface area contributed by atoms with Crippen molar-refractivity contribution in [1.29, 1.82) is 0 Å². The number of methoxy groups -OCH3 is 1. The molecule has 3 rings (SSSR count). The monoisotopic (exact) mass is 348 g/mol. The van der Waals surface area contributed by atoms with Gasteiger partial charge in [-0.3, -0.25) is 4.98 Å². The summed E-state index contributed by atoms with van der Waals surface area (Å²) in [6, 6.07) is 11.4. The van der Waals surface area contributed by atoms with Crippen molar-refractivity contribution in [3.8, 4) is 5.75 Å². The molecule has 126 valence electrons. The van der Waals surface area contributed by atoms with Crippen molar-refractivity contribution in [3.05, 3.63) is 58.6 Å². The maximum Gasteiger partial charge on any atom is 0.417 e. The molecule has 2 aromatic carbocycles. The second kappa shape index (κ2) is 6.50. The summed E-state index contributed by atoms with van der Waals surface area (Å²) in [5.74, 6) is 0.0821. The van der Waals surface area contributed by atoms with Crippen LogP contribution in [0.4, 0.5) is 0 Å². The molecular formula is C16H16N2O5S. The number of oxazole rings is 1. The molecule has 2 N–H and O–H groups in total. The van der Waals surface area contributed by atoms with Crippen molar-refractivity contribution in [2.75, 3.05) is 13.7 Å². The zero-order chi connectivity index (χ0) is 17.2. The van der Waals surface area contributed by atoms with E-state index in [4.69, 9.17) is 9.15 Å². The minimum Gasteiger partial charge on any atom is -0.497 e. The molecule has 0 aliphatic heterocycles. The van der Waals surface area contributed by atoms with Gasteiger partial charge < -0.3 is 9.15 Å². The standard InChI is InChI=1S/C16H16N2O5S/c1-22-12-3-5-13(6-4-12)24(20,21)17-9-8-11-2-7-15-14(10-11)18-16(19)23-15/h2-7,10,17H,8-9H2,1H3,(H,18,19). The van der Waals surface area contributed by atoms with E-state index < -0.39 is 15.8 Å². The lowest BCUT2D eigenvalue weighted by molar-refractivity contribution is 0.414. The first kappa shape index (κ1) is 16.3. The lowest BCUT2D eigenvalue weighted by Gasteiger charge is -2.07. The third-order valence-corrected chi connectivity index (χ3v) is 5.04. The number of aromatic nitrogens is 1. The van der Waals surface area contributed by atoms with Gasteiger partial charge in [-0.15, -0.1) is 0 Å². The molecule has 0 unspecified atom stereocenters. The van der Waals surface area contributed by atoms with Gasteiger partial charge in [0, 0.05) is 6.54 Å². The third kappa shape index (κ3) is 3.50. The Kier molecular flexibility index (Phi) is 4.41. The molecule has 8 heteroatoms. The number of fused-ring (bicyclic) bond motifs is 1. The molecule has 0 amide bonds. The zero-order valence-electron chi connectivity index (χ0n) is 12.9. The fourth-order valence-electron chi connectivity index (χ4n) is 2.32. The second-order valence-electron chi connectivity index (χ2n) is 5.17. The van der Waals surface area contributed by atoms with Gasteiger partial charge in [0.25, 0.3) is 0 Å². The van der Waals surface area contributed by atoms with E-state index in [2.05, 4.69) is 9.71 Å². The van der Waals surface area contributed by atoms with Crippen LogP contribution in [0.1, 0.15) is 5.56 Å². The van der Waals surface area contributed by atoms with E-state index in [9.17, 15) is 13.2 Å². The fraction of sp³-hybridized carbons (Fsp3) is 0.188. The topological polar surface area (TPSA) is 101 Å². The molecule has 0 saturated carbocycles. The van der Waals surface area contributed by atoms with Crippen LogP contribution in [0.5, 0.6) is 5.75 Å². The van der Waals surface area contributed by atoms with Gasteiger partial charge in [-0.2, -0.15) is 0 Å². The van der Waals surface area contributed by atoms with Crippen molar-refractivity contribution >= 4 is 21.1 Å². The number of H-pyrrole nitrogens is 1. The summed E-state index contributed by atoms with van der Waals surface area (Å²) in [5, 5.41) is 0. The summed E-state index contributed by atoms with van der Waals surface area (Å²) in [6.07, 6.45) is 0.485. The van der Waals surface area contributed by atoms with Crippen molar-refractivity contribution in [1.82, 2.24) is 9.71 Å². The Morgan fingerprint density at radius 3 is 2.62 bits per heavy atom. The molecule has 0 aliphatic rings. The minimum atomic E-state index is -3.58. The van der Waals surface area contributed by atoms with Gasteiger partial charge in [0.1, 0.15) is 5.75 Å². The molecule has 0 atom stereocenters. The molecule has 7 nitrogen and oxygen atoms in total. The fourth-order valence-corrected chi connectivity index (χ4v) is 3.35. The number of hydrogen-bond acceptors (Lipinski definition) is 5. The Balaban J connectivity index is 1.66. The molecule has 0 aliphatic carbocycles. The molecule has 0 spiro atoms. The van der Waals surface area contributed by atoms with Crippen LogP contribution in [0, 0.1) is 0 Å². The highest BCUT2D eigenvalue weighted by atomic mass is 32.2. The smallest absolute Gasteiger partial charge is 0.417 e. The molecule has 0 bridgehead atoms. The largest absolute Gasteiger partial charge is 0.497 e. The number of hydrogen-bond donors (Lipinski definition) is 2. The van der Waals surface area contributed by atoms with E-state index in [-0.39, 0.29) is 11.4 Å². The zero-order valence-corrected chi connectivity index (χ0v) is 13.7. The third-order valence-electron chi connectivity index (χ3n) is 3.56. The molecule has 1 heterocycles. The van der Waals surface area contributed by atoms with Crippen molar-refractivity contribution < 1.29 is 17.6 Å². The highest BCUT2D eigenvalue weighted by molar-refractivity contribution is 7.89. The van der Waals surface area contributed by atoms with Gasteiger partial charge in [0.05, 0.1) is 17.5 Å². The lowest BCUT2D eigenvalue weighted by atomic mass is 10.1. The van der Waals surface area contributed by atoms with Crippen LogP contribution < -0.4 is 15.2 Å². The first-order valence-electron chi connectivity index (χ1n) is 7.23. The van der Waals surface area contributed by atoms with Gasteiger partial charge in [-0.1, -0.05) is 6.07 Å². The number of sulfonamides is 1. The van der Waals surface area contributed by atoms with Gasteiger partial charge in [0.2, 0.25) is 10.0 Å². The maximum absolute atomic E-state index is 12.2. The maximum atomic E-state index is 12.2. The van der Waals surface area contributed by atoms with E-state index in [1.807, 2.05) is 0 Å². The average molecular weight is 348 g/mol. The number of aromatic amines is 1. The molecule has 24 heavy (non-hydrogen) atoms. The second-order valence-corrected chi connectivity index (χ2v) is 6.94. The van der Waals surface area contributed by atoms with Gasteiger partial charge in [0.15, 0.2) is 5.58 Å². The molecule has 3 aromatic rings. The summed E-state index contributed by atoms with van der Waals surface area (Å²) in [5.41, 5.74) is 1.95. The van der Waals surface area contributed by atoms with E-state index in [0.717, 1.165) is 5.56 Å². The average Bonchev–Trinajstić information content (AvgIpc) is 2.94. The SMILES string of the molecule is COc1ccc(S(=O)(=O)NCCc2ccc3oc(=O)[nH]c3c2)cc1. The van der Waals surface area contributed by atoms with E-state index >= 15 is 0 Å². The van der Waals surface area contributed by atoms with E-state index in [1.165, 1.54) is 19.2 Å². The van der Waals surface area contributed by atoms with Crippen molar-refractivity contribution in [3.63, 3.8) is 0 Å². The Morgan fingerprint density at radius 1 is 1.17 bits per heavy atom. The van der Waals surface area contributed by atoms with Crippen LogP contribution in [0.2, 0.25) is 0 Å². The highest BCUT2D eigenvalue weighted by Crippen LogP contribution is 2.16. The number of rotatable bonds is 6. The van der Waals surface area contributed by atoms with Crippen LogP contribution >= 0.6 is 0 Å². The number of ether oxygens (including phenoxy) is 1. The molecule has 0 fully saturated rings. The first-order valence-corrected chi connectivity index (χ1v) is 8.72. The summed E-state index contributed by atoms with van der Waals surface area (Å²) < 4.78 is 36.9. The highest BCUT2D eigenvalue weighted by Gasteiger charge is 2.13. The van der Waals surface area contributed by atoms with Crippen LogP contribution in [0.15, 0.2) is 56.6 Å². The van der Waals surface area contributed by atoms with Gasteiger partial charge in [-0.25, -0.2) is 17.9 Å². The minimum absolute atomic E-state index is 0.179. The quantitative estimate of drug-likeness (QED) is 0.705. The van der Waals surface area contributed by atoms with Crippen LogP contribution in [0.25, 0.3) is 11.1 Å². The predicted octanol–water partition coefficient (Wildman–Crippen LogP) is 1.65. The normalized spacial score (nSPS) is 11.7. The van der Waals surface area contributed by atoms with Crippen molar-refractivity contribution in [2.24, 2.45) is 0 Å². The Bertz CT molecular complexity index is 1000. The summed E-state index contributed by atoms with van der Waals surface area (Å²) in [6.45, 7) is 0.238.